The van der Waals surface area contributed by atoms with E-state index < -0.39 is 198 Å². The number of aliphatic hydroxyl groups excluding tert-OH is 17. The van der Waals surface area contributed by atoms with Crippen LogP contribution in [-0.2, 0) is 52.1 Å². The molecule has 37 atom stereocenters. The molecule has 0 amide bonds. The van der Waals surface area contributed by atoms with Crippen LogP contribution in [0, 0.1) is 52.3 Å². The third-order valence-electron chi connectivity index (χ3n) is 21.8. The molecule has 6 aliphatic heterocycles. The van der Waals surface area contributed by atoms with E-state index >= 15 is 0 Å². The van der Waals surface area contributed by atoms with Gasteiger partial charge < -0.3 is 144 Å². The van der Waals surface area contributed by atoms with Crippen LogP contribution < -0.4 is 0 Å². The van der Waals surface area contributed by atoms with Gasteiger partial charge in [-0.25, -0.2) is 0 Å². The molecule has 0 bridgehead atoms. The van der Waals surface area contributed by atoms with Gasteiger partial charge in [0.05, 0.1) is 58.0 Å². The van der Waals surface area contributed by atoms with E-state index in [2.05, 4.69) is 20.8 Å². The molecule has 29 nitrogen and oxygen atoms in total. The molecule has 0 aromatic heterocycles. The maximum absolute atomic E-state index is 12.1. The summed E-state index contributed by atoms with van der Waals surface area (Å²) in [5, 5.41) is 194. The summed E-state index contributed by atoms with van der Waals surface area (Å²) >= 11 is 0. The maximum atomic E-state index is 12.1. The highest BCUT2D eigenvalue weighted by Crippen LogP contribution is 2.71. The Morgan fingerprint density at radius 3 is 1.73 bits per heavy atom. The second-order valence-corrected chi connectivity index (χ2v) is 26.8. The van der Waals surface area contributed by atoms with E-state index in [0.29, 0.717) is 37.5 Å². The van der Waals surface area contributed by atoms with Gasteiger partial charge in [0.1, 0.15) is 116 Å². The molecule has 6 saturated heterocycles. The number of fused-ring (bicyclic) bond motifs is 7. The Bertz CT molecular complexity index is 2170. The van der Waals surface area contributed by atoms with E-state index in [1.54, 1.807) is 0 Å². The molecular formula is C56H94O29. The van der Waals surface area contributed by atoms with Gasteiger partial charge in [-0.2, -0.15) is 0 Å². The summed E-state index contributed by atoms with van der Waals surface area (Å²) < 4.78 is 65.5. The number of aliphatic hydroxyl groups is 18. The molecule has 492 valence electrons. The molecular weight excluding hydrogens is 1140 g/mol. The van der Waals surface area contributed by atoms with Crippen LogP contribution >= 0.6 is 0 Å². The van der Waals surface area contributed by atoms with Crippen LogP contribution in [0.4, 0.5) is 0 Å². The Morgan fingerprint density at radius 2 is 1.07 bits per heavy atom. The number of rotatable bonds is 18. The summed E-state index contributed by atoms with van der Waals surface area (Å²) in [6.45, 7) is 4.91. The molecule has 0 unspecified atom stereocenters. The number of hydrogen-bond donors (Lipinski definition) is 18. The normalized spacial score (nSPS) is 55.8. The molecule has 0 spiro atoms. The van der Waals surface area contributed by atoms with Crippen molar-refractivity contribution < 1.29 is 144 Å². The van der Waals surface area contributed by atoms with Crippen LogP contribution in [0.2, 0.25) is 0 Å². The minimum atomic E-state index is -2.05. The van der Waals surface area contributed by atoms with Gasteiger partial charge in [-0.15, -0.1) is 0 Å². The Kier molecular flexibility index (Phi) is 20.8. The SMILES string of the molecule is C[C@@H](CC[C@@]1(O)O[C@H]2C[C@H]3[C@@H]4CC[C@@H]5C[C@@H](O[C@@H]6O[C@H](CO)[C@H](O[C@@H]7O[C@H](CO)[C@@H](O)[C@H](O[C@@H]8OC[C@@H](O)[C@H](O)[C@H]8O)[C@H]7O[C@@H]7O[C@H](CO)[C@H](O)[C@H](O)[C@H]7O)[C@H](O)[C@H]6O)[C@H](O)C[C@]5(C)[C@H]4CC[C@]3(C)[C@H]2[C@@H]1C)CO[C@@H]1O[C@H](CO)[C@@H](O)[C@H](O)[C@H]1O. The molecule has 10 rings (SSSR count). The van der Waals surface area contributed by atoms with Crippen molar-refractivity contribution in [3.63, 3.8) is 0 Å². The van der Waals surface area contributed by atoms with Gasteiger partial charge in [0.2, 0.25) is 0 Å². The highest BCUT2D eigenvalue weighted by Gasteiger charge is 2.69. The first kappa shape index (κ1) is 66.8. The van der Waals surface area contributed by atoms with Crippen molar-refractivity contribution in [2.24, 2.45) is 52.3 Å². The van der Waals surface area contributed by atoms with Gasteiger partial charge >= 0.3 is 0 Å². The van der Waals surface area contributed by atoms with Gasteiger partial charge in [0.15, 0.2) is 37.2 Å². The molecule has 0 aromatic carbocycles. The lowest BCUT2D eigenvalue weighted by Crippen LogP contribution is -2.68. The number of hydrogen-bond acceptors (Lipinski definition) is 29. The van der Waals surface area contributed by atoms with Crippen LogP contribution in [0.25, 0.3) is 0 Å². The standard InChI is InChI=1S/C56H94O29/c1-20(18-75-49-43(71)39(67)36(64)30(14-57)78-49)7-10-56(74)21(2)34-29(85-56)12-25-23-6-5-22-11-28(26(61)13-55(22,4)24(23)8-9-54(25,34)3)77-51-45(73)41(69)46(33(17-60)81-51)82-53-48(84-52-44(72)40(68)37(65)31(15-58)79-52)47(38(66)32(16-59)80-53)83-50-42(70)35(63)27(62)19-76-50/h20-53,57-74H,5-19H2,1-4H3/t20-,21-,22+,23+,24-,25-,26+,27+,28+,29-,30+,31+,32+,33+,34-,35-,36+,37-,38+,39-,40-,41+,42+,43+,44+,45+,46-,47-,48+,49+,50-,51+,52-,53-,54-,55-,56+/m0/s1. The highest BCUT2D eigenvalue weighted by atomic mass is 16.8. The summed E-state index contributed by atoms with van der Waals surface area (Å²) in [5.41, 5.74) is -0.434. The van der Waals surface area contributed by atoms with Gasteiger partial charge in [-0.1, -0.05) is 27.7 Å². The Labute approximate surface area is 491 Å². The largest absolute Gasteiger partial charge is 0.394 e. The van der Waals surface area contributed by atoms with Crippen molar-refractivity contribution in [2.75, 3.05) is 39.6 Å². The van der Waals surface area contributed by atoms with Gasteiger partial charge in [-0.05, 0) is 97.7 Å². The Balaban J connectivity index is 0.771. The topological polar surface area (TPSA) is 466 Å². The molecule has 4 saturated carbocycles. The lowest BCUT2D eigenvalue weighted by Gasteiger charge is -2.62. The number of ether oxygens (including phenoxy) is 11. The van der Waals surface area contributed by atoms with E-state index in [1.807, 2.05) is 6.92 Å². The molecule has 6 heterocycles. The molecule has 10 aliphatic rings. The Morgan fingerprint density at radius 1 is 0.518 bits per heavy atom. The quantitative estimate of drug-likeness (QED) is 0.0568. The zero-order valence-corrected chi connectivity index (χ0v) is 48.3. The van der Waals surface area contributed by atoms with Crippen molar-refractivity contribution in [1.82, 2.24) is 0 Å². The smallest absolute Gasteiger partial charge is 0.187 e. The molecule has 0 aromatic rings. The molecule has 85 heavy (non-hydrogen) atoms. The van der Waals surface area contributed by atoms with E-state index in [-0.39, 0.29) is 53.1 Å². The summed E-state index contributed by atoms with van der Waals surface area (Å²) in [6, 6.07) is 0. The van der Waals surface area contributed by atoms with Crippen LogP contribution in [0.1, 0.15) is 85.5 Å². The van der Waals surface area contributed by atoms with Crippen LogP contribution in [0.3, 0.4) is 0 Å². The van der Waals surface area contributed by atoms with Gasteiger partial charge in [-0.3, -0.25) is 0 Å². The summed E-state index contributed by atoms with van der Waals surface area (Å²) in [5.74, 6) is -0.636. The Hall–Kier alpha value is -1.16. The summed E-state index contributed by atoms with van der Waals surface area (Å²) in [6.07, 6.45) is -37.5. The second kappa shape index (κ2) is 26.4. The third kappa shape index (κ3) is 12.3. The fraction of sp³-hybridized carbons (Fsp3) is 1.00. The van der Waals surface area contributed by atoms with E-state index in [0.717, 1.165) is 32.1 Å². The minimum absolute atomic E-state index is 0.0808. The first-order valence-corrected chi connectivity index (χ1v) is 30.4. The zero-order valence-electron chi connectivity index (χ0n) is 48.3. The van der Waals surface area contributed by atoms with E-state index in [1.165, 1.54) is 0 Å². The van der Waals surface area contributed by atoms with Crippen LogP contribution in [0.5, 0.6) is 0 Å². The highest BCUT2D eigenvalue weighted by molar-refractivity contribution is 5.16. The zero-order chi connectivity index (χ0) is 61.5. The van der Waals surface area contributed by atoms with Crippen LogP contribution in [0.15, 0.2) is 0 Å². The summed E-state index contributed by atoms with van der Waals surface area (Å²) in [4.78, 5) is 0. The molecule has 29 heteroatoms. The molecule has 10 fully saturated rings. The van der Waals surface area contributed by atoms with E-state index in [9.17, 15) is 91.9 Å². The maximum Gasteiger partial charge on any atom is 0.187 e. The van der Waals surface area contributed by atoms with Crippen molar-refractivity contribution in [2.45, 2.75) is 257 Å². The first-order valence-electron chi connectivity index (χ1n) is 30.4. The summed E-state index contributed by atoms with van der Waals surface area (Å²) in [7, 11) is 0. The molecule has 4 aliphatic carbocycles. The van der Waals surface area contributed by atoms with Crippen molar-refractivity contribution >= 4 is 0 Å². The third-order valence-corrected chi connectivity index (χ3v) is 21.8. The molecule has 0 radical (unpaired) electrons. The average Bonchev–Trinajstić information content (AvgIpc) is 1.73. The second-order valence-electron chi connectivity index (χ2n) is 26.8. The fourth-order valence-corrected chi connectivity index (χ4v) is 16.9. The van der Waals surface area contributed by atoms with Crippen molar-refractivity contribution in [3.05, 3.63) is 0 Å². The van der Waals surface area contributed by atoms with Crippen molar-refractivity contribution in [3.8, 4) is 0 Å². The minimum Gasteiger partial charge on any atom is -0.394 e. The van der Waals surface area contributed by atoms with Crippen molar-refractivity contribution in [1.29, 1.82) is 0 Å². The lowest BCUT2D eigenvalue weighted by molar-refractivity contribution is -0.404. The average molecular weight is 1230 g/mol. The predicted molar refractivity (Wildman–Crippen MR) is 280 cm³/mol. The fourth-order valence-electron chi connectivity index (χ4n) is 16.9. The lowest BCUT2D eigenvalue weighted by atomic mass is 9.44. The van der Waals surface area contributed by atoms with E-state index in [4.69, 9.17) is 52.1 Å². The van der Waals surface area contributed by atoms with Gasteiger partial charge in [0, 0.05) is 12.3 Å². The predicted octanol–water partition coefficient (Wildman–Crippen LogP) is -6.52. The monoisotopic (exact) mass is 1230 g/mol. The van der Waals surface area contributed by atoms with Gasteiger partial charge in [0.25, 0.3) is 0 Å². The molecule has 18 N–H and O–H groups in total. The first-order chi connectivity index (χ1) is 40.2. The van der Waals surface area contributed by atoms with Crippen LogP contribution in [-0.4, -0.2) is 303 Å².